The van der Waals surface area contributed by atoms with Crippen molar-refractivity contribution in [2.75, 3.05) is 11.4 Å². The molecule has 0 amide bonds. The van der Waals surface area contributed by atoms with E-state index in [2.05, 4.69) is 11.8 Å². The Hall–Kier alpha value is -1.22. The number of carbonyl (C=O) groups is 1. The van der Waals surface area contributed by atoms with Crippen LogP contribution in [-0.4, -0.2) is 23.7 Å². The molecule has 1 aromatic rings. The third-order valence-electron chi connectivity index (χ3n) is 2.82. The van der Waals surface area contributed by atoms with E-state index in [1.807, 2.05) is 0 Å². The van der Waals surface area contributed by atoms with Crippen molar-refractivity contribution in [2.24, 2.45) is 0 Å². The standard InChI is InChI=1S/C11H12ClNO2/c1-7-4-5-13(7)10-6-8(12)2-3-9(10)11(14)15/h2-3,6-7H,4-5H2,1H3,(H,14,15). The van der Waals surface area contributed by atoms with Gasteiger partial charge in [0.25, 0.3) is 0 Å². The summed E-state index contributed by atoms with van der Waals surface area (Å²) < 4.78 is 0. The van der Waals surface area contributed by atoms with Crippen LogP contribution in [0.4, 0.5) is 5.69 Å². The van der Waals surface area contributed by atoms with E-state index in [4.69, 9.17) is 16.7 Å². The van der Waals surface area contributed by atoms with Crippen molar-refractivity contribution in [3.8, 4) is 0 Å². The molecule has 0 bridgehead atoms. The zero-order valence-corrected chi connectivity index (χ0v) is 9.16. The zero-order chi connectivity index (χ0) is 11.0. The summed E-state index contributed by atoms with van der Waals surface area (Å²) in [6, 6.07) is 5.30. The minimum Gasteiger partial charge on any atom is -0.478 e. The fourth-order valence-corrected chi connectivity index (χ4v) is 1.96. The van der Waals surface area contributed by atoms with Crippen molar-refractivity contribution >= 4 is 23.3 Å². The molecule has 4 heteroatoms. The average molecular weight is 226 g/mol. The van der Waals surface area contributed by atoms with E-state index >= 15 is 0 Å². The highest BCUT2D eigenvalue weighted by atomic mass is 35.5. The maximum absolute atomic E-state index is 11.0. The molecule has 15 heavy (non-hydrogen) atoms. The smallest absolute Gasteiger partial charge is 0.337 e. The first kappa shape index (κ1) is 10.3. The molecule has 0 aliphatic carbocycles. The van der Waals surface area contributed by atoms with E-state index in [0.717, 1.165) is 18.7 Å². The van der Waals surface area contributed by atoms with Crippen LogP contribution in [0.5, 0.6) is 0 Å². The Labute approximate surface area is 93.3 Å². The normalized spacial score (nSPS) is 19.9. The van der Waals surface area contributed by atoms with Crippen molar-refractivity contribution in [1.82, 2.24) is 0 Å². The molecule has 0 spiro atoms. The van der Waals surface area contributed by atoms with Crippen LogP contribution in [0, 0.1) is 0 Å². The first-order valence-corrected chi connectivity index (χ1v) is 5.27. The highest BCUT2D eigenvalue weighted by Gasteiger charge is 2.27. The van der Waals surface area contributed by atoms with Crippen molar-refractivity contribution < 1.29 is 9.90 Å². The summed E-state index contributed by atoms with van der Waals surface area (Å²) in [5.74, 6) is -0.902. The number of nitrogens with zero attached hydrogens (tertiary/aromatic N) is 1. The van der Waals surface area contributed by atoms with Crippen molar-refractivity contribution in [1.29, 1.82) is 0 Å². The number of hydrogen-bond acceptors (Lipinski definition) is 2. The number of aromatic carboxylic acids is 1. The lowest BCUT2D eigenvalue weighted by atomic mass is 10.0. The van der Waals surface area contributed by atoms with E-state index in [1.165, 1.54) is 0 Å². The predicted molar refractivity (Wildman–Crippen MR) is 59.8 cm³/mol. The van der Waals surface area contributed by atoms with Crippen LogP contribution in [0.1, 0.15) is 23.7 Å². The molecule has 1 unspecified atom stereocenters. The summed E-state index contributed by atoms with van der Waals surface area (Å²) in [6.07, 6.45) is 1.10. The van der Waals surface area contributed by atoms with Gasteiger partial charge in [0.2, 0.25) is 0 Å². The zero-order valence-electron chi connectivity index (χ0n) is 8.40. The lowest BCUT2D eigenvalue weighted by Crippen LogP contribution is -2.46. The molecule has 1 atom stereocenters. The van der Waals surface area contributed by atoms with Crippen LogP contribution in [0.25, 0.3) is 0 Å². The molecule has 0 saturated carbocycles. The minimum absolute atomic E-state index is 0.325. The topological polar surface area (TPSA) is 40.5 Å². The van der Waals surface area contributed by atoms with Gasteiger partial charge in [-0.05, 0) is 31.5 Å². The summed E-state index contributed by atoms with van der Waals surface area (Å²) in [5.41, 5.74) is 1.06. The number of anilines is 1. The third kappa shape index (κ3) is 1.79. The van der Waals surface area contributed by atoms with E-state index in [-0.39, 0.29) is 0 Å². The van der Waals surface area contributed by atoms with Crippen molar-refractivity contribution in [3.63, 3.8) is 0 Å². The van der Waals surface area contributed by atoms with Gasteiger partial charge >= 0.3 is 5.97 Å². The van der Waals surface area contributed by atoms with E-state index < -0.39 is 5.97 Å². The van der Waals surface area contributed by atoms with Gasteiger partial charge in [-0.15, -0.1) is 0 Å². The molecule has 0 aromatic heterocycles. The second-order valence-electron chi connectivity index (χ2n) is 3.80. The van der Waals surface area contributed by atoms with Gasteiger partial charge in [-0.1, -0.05) is 11.6 Å². The summed E-state index contributed by atoms with van der Waals surface area (Å²) in [7, 11) is 0. The van der Waals surface area contributed by atoms with Gasteiger partial charge in [0.15, 0.2) is 0 Å². The van der Waals surface area contributed by atoms with Crippen LogP contribution in [0.3, 0.4) is 0 Å². The highest BCUT2D eigenvalue weighted by molar-refractivity contribution is 6.31. The second-order valence-corrected chi connectivity index (χ2v) is 4.23. The number of hydrogen-bond donors (Lipinski definition) is 1. The van der Waals surface area contributed by atoms with Gasteiger partial charge in [-0.25, -0.2) is 4.79 Å². The molecular weight excluding hydrogens is 214 g/mol. The summed E-state index contributed by atoms with van der Waals surface area (Å²) >= 11 is 5.87. The molecule has 1 aromatic carbocycles. The maximum Gasteiger partial charge on any atom is 0.337 e. The van der Waals surface area contributed by atoms with Crippen LogP contribution in [-0.2, 0) is 0 Å². The summed E-state index contributed by atoms with van der Waals surface area (Å²) in [5, 5.41) is 9.62. The van der Waals surface area contributed by atoms with Crippen LogP contribution in [0.15, 0.2) is 18.2 Å². The molecule has 1 fully saturated rings. The first-order valence-electron chi connectivity index (χ1n) is 4.89. The van der Waals surface area contributed by atoms with E-state index in [1.54, 1.807) is 18.2 Å². The van der Waals surface area contributed by atoms with Gasteiger partial charge in [-0.2, -0.15) is 0 Å². The monoisotopic (exact) mass is 225 g/mol. The van der Waals surface area contributed by atoms with Gasteiger partial charge < -0.3 is 10.0 Å². The fourth-order valence-electron chi connectivity index (χ4n) is 1.80. The van der Waals surface area contributed by atoms with Gasteiger partial charge in [0.05, 0.1) is 11.3 Å². The SMILES string of the molecule is CC1CCN1c1cc(Cl)ccc1C(=O)O. The third-order valence-corrected chi connectivity index (χ3v) is 3.05. The molecule has 1 N–H and O–H groups in total. The van der Waals surface area contributed by atoms with Crippen LogP contribution < -0.4 is 4.90 Å². The maximum atomic E-state index is 11.0. The Balaban J connectivity index is 2.42. The lowest BCUT2D eigenvalue weighted by Gasteiger charge is -2.41. The molecule has 1 aliphatic rings. The highest BCUT2D eigenvalue weighted by Crippen LogP contribution is 2.31. The largest absolute Gasteiger partial charge is 0.478 e. The Bertz CT molecular complexity index is 406. The second kappa shape index (κ2) is 3.74. The number of halogens is 1. The predicted octanol–water partition coefficient (Wildman–Crippen LogP) is 2.64. The summed E-state index contributed by atoms with van der Waals surface area (Å²) in [6.45, 7) is 2.98. The molecular formula is C11H12ClNO2. The average Bonchev–Trinajstić information content (AvgIpc) is 2.15. The van der Waals surface area contributed by atoms with Gasteiger partial charge in [0.1, 0.15) is 0 Å². The van der Waals surface area contributed by atoms with E-state index in [9.17, 15) is 4.79 Å². The quantitative estimate of drug-likeness (QED) is 0.841. The lowest BCUT2D eigenvalue weighted by molar-refractivity contribution is 0.0697. The summed E-state index contributed by atoms with van der Waals surface area (Å²) in [4.78, 5) is 13.1. The van der Waals surface area contributed by atoms with Crippen LogP contribution in [0.2, 0.25) is 5.02 Å². The molecule has 1 heterocycles. The number of benzene rings is 1. The number of carboxylic acids is 1. The van der Waals surface area contributed by atoms with E-state index in [0.29, 0.717) is 16.6 Å². The Kier molecular flexibility index (Phi) is 2.57. The molecule has 0 radical (unpaired) electrons. The molecule has 1 aliphatic heterocycles. The minimum atomic E-state index is -0.902. The molecule has 80 valence electrons. The Morgan fingerprint density at radius 1 is 1.60 bits per heavy atom. The van der Waals surface area contributed by atoms with Gasteiger partial charge in [-0.3, -0.25) is 0 Å². The van der Waals surface area contributed by atoms with Crippen molar-refractivity contribution in [3.05, 3.63) is 28.8 Å². The van der Waals surface area contributed by atoms with Crippen LogP contribution >= 0.6 is 11.6 Å². The molecule has 3 nitrogen and oxygen atoms in total. The first-order chi connectivity index (χ1) is 7.09. The number of rotatable bonds is 2. The van der Waals surface area contributed by atoms with Gasteiger partial charge in [0, 0.05) is 17.6 Å². The molecule has 2 rings (SSSR count). The Morgan fingerprint density at radius 2 is 2.33 bits per heavy atom. The van der Waals surface area contributed by atoms with Crippen molar-refractivity contribution in [2.45, 2.75) is 19.4 Å². The number of carboxylic acid groups (broad SMARTS) is 1. The fraction of sp³-hybridized carbons (Fsp3) is 0.364. The molecule has 1 saturated heterocycles. The Morgan fingerprint density at radius 3 is 2.80 bits per heavy atom.